The highest BCUT2D eigenvalue weighted by Gasteiger charge is 1.94. The lowest BCUT2D eigenvalue weighted by Gasteiger charge is -2.06. The van der Waals surface area contributed by atoms with Gasteiger partial charge in [-0.3, -0.25) is 10.3 Å². The maximum atomic E-state index is 5.46. The highest BCUT2D eigenvalue weighted by Crippen LogP contribution is 2.12. The van der Waals surface area contributed by atoms with Crippen molar-refractivity contribution < 1.29 is 4.84 Å². The minimum Gasteiger partial charge on any atom is -0.397 e. The molecule has 0 radical (unpaired) electrons. The van der Waals surface area contributed by atoms with E-state index >= 15 is 0 Å². The number of nitrogen functional groups attached to an aromatic ring is 2. The van der Waals surface area contributed by atoms with Gasteiger partial charge in [0.2, 0.25) is 0 Å². The lowest BCUT2D eigenvalue weighted by Crippen LogP contribution is -2.02. The molecule has 168 valence electrons. The van der Waals surface area contributed by atoms with Crippen LogP contribution in [-0.2, 0) is 4.84 Å². The second kappa shape index (κ2) is 18.8. The number of hydrogen-bond acceptors (Lipinski definition) is 4. The predicted octanol–water partition coefficient (Wildman–Crippen LogP) is 7.58. The number of hydrogen-bond donors (Lipinski definition) is 3. The Hall–Kier alpha value is -2.20. The summed E-state index contributed by atoms with van der Waals surface area (Å²) in [5.74, 6) is 0. The first-order valence-corrected chi connectivity index (χ1v) is 11.8. The van der Waals surface area contributed by atoms with E-state index in [1.54, 1.807) is 12.1 Å². The second-order valence-electron chi connectivity index (χ2n) is 7.83. The van der Waals surface area contributed by atoms with E-state index in [2.05, 4.69) is 12.4 Å². The van der Waals surface area contributed by atoms with Gasteiger partial charge in [0.05, 0.1) is 23.7 Å². The third-order valence-corrected chi connectivity index (χ3v) is 5.06. The normalized spacial score (nSPS) is 10.3. The summed E-state index contributed by atoms with van der Waals surface area (Å²) in [6.07, 6.45) is 16.6. The van der Waals surface area contributed by atoms with Crippen LogP contribution in [0.2, 0.25) is 0 Å². The summed E-state index contributed by atoms with van der Waals surface area (Å²) in [5, 5.41) is 0. The Balaban J connectivity index is 0.000000467. The smallest absolute Gasteiger partial charge is 0.0746 e. The fourth-order valence-electron chi connectivity index (χ4n) is 3.17. The van der Waals surface area contributed by atoms with E-state index in [0.29, 0.717) is 11.4 Å². The molecule has 0 heterocycles. The van der Waals surface area contributed by atoms with Crippen molar-refractivity contribution in [1.82, 2.24) is 0 Å². The molecule has 0 amide bonds. The summed E-state index contributed by atoms with van der Waals surface area (Å²) in [6.45, 7) is 3.08. The van der Waals surface area contributed by atoms with Crippen LogP contribution in [-0.4, -0.2) is 6.61 Å². The summed E-state index contributed by atoms with van der Waals surface area (Å²) in [4.78, 5) is 5.46. The maximum absolute atomic E-state index is 5.46. The number of anilines is 3. The van der Waals surface area contributed by atoms with Crippen LogP contribution in [0.5, 0.6) is 0 Å². The van der Waals surface area contributed by atoms with Gasteiger partial charge >= 0.3 is 0 Å². The largest absolute Gasteiger partial charge is 0.397 e. The van der Waals surface area contributed by atoms with Gasteiger partial charge in [-0.05, 0) is 30.7 Å². The molecule has 0 aliphatic rings. The van der Waals surface area contributed by atoms with Crippen molar-refractivity contribution in [2.45, 2.75) is 84.0 Å². The monoisotopic (exact) mass is 413 g/mol. The van der Waals surface area contributed by atoms with E-state index in [1.165, 1.54) is 70.6 Å². The first-order chi connectivity index (χ1) is 14.7. The Morgan fingerprint density at radius 1 is 0.600 bits per heavy atom. The van der Waals surface area contributed by atoms with Gasteiger partial charge in [0.25, 0.3) is 0 Å². The average Bonchev–Trinajstić information content (AvgIpc) is 2.77. The summed E-state index contributed by atoms with van der Waals surface area (Å²) in [6, 6.07) is 17.3. The lowest BCUT2D eigenvalue weighted by molar-refractivity contribution is 0.187. The number of unbranched alkanes of at least 4 members (excludes halogenated alkanes) is 11. The van der Waals surface area contributed by atoms with Gasteiger partial charge in [-0.15, -0.1) is 0 Å². The Bertz CT molecular complexity index is 598. The van der Waals surface area contributed by atoms with Gasteiger partial charge in [0.1, 0.15) is 0 Å². The molecule has 0 fully saturated rings. The molecular weight excluding hydrogens is 370 g/mol. The molecule has 2 aromatic rings. The van der Waals surface area contributed by atoms with Crippen molar-refractivity contribution in [3.8, 4) is 0 Å². The zero-order valence-electron chi connectivity index (χ0n) is 19.0. The minimum absolute atomic E-state index is 0.646. The third-order valence-electron chi connectivity index (χ3n) is 5.06. The van der Waals surface area contributed by atoms with Crippen LogP contribution >= 0.6 is 0 Å². The zero-order chi connectivity index (χ0) is 21.7. The van der Waals surface area contributed by atoms with Crippen LogP contribution in [0.3, 0.4) is 0 Å². The molecule has 0 atom stereocenters. The first kappa shape index (κ1) is 25.8. The van der Waals surface area contributed by atoms with Crippen LogP contribution in [0.1, 0.15) is 84.0 Å². The Morgan fingerprint density at radius 2 is 1.03 bits per heavy atom. The molecule has 0 aliphatic heterocycles. The zero-order valence-corrected chi connectivity index (χ0v) is 19.0. The highest BCUT2D eigenvalue weighted by molar-refractivity contribution is 5.62. The second-order valence-corrected chi connectivity index (χ2v) is 7.83. The van der Waals surface area contributed by atoms with E-state index < -0.39 is 0 Å². The van der Waals surface area contributed by atoms with Crippen molar-refractivity contribution in [3.63, 3.8) is 0 Å². The molecule has 4 nitrogen and oxygen atoms in total. The molecule has 5 N–H and O–H groups in total. The first-order valence-electron chi connectivity index (χ1n) is 11.8. The van der Waals surface area contributed by atoms with E-state index in [0.717, 1.165) is 18.7 Å². The molecule has 0 bridgehead atoms. The summed E-state index contributed by atoms with van der Waals surface area (Å²) in [5.41, 5.74) is 16.1. The van der Waals surface area contributed by atoms with Gasteiger partial charge in [-0.25, -0.2) is 0 Å². The SMILES string of the molecule is CCCCCCCCCCCCCCONc1ccccc1.Nc1ccccc1N. The molecule has 0 unspecified atom stereocenters. The van der Waals surface area contributed by atoms with Crippen LogP contribution in [0.25, 0.3) is 0 Å². The minimum atomic E-state index is 0.646. The van der Waals surface area contributed by atoms with Gasteiger partial charge in [0, 0.05) is 0 Å². The standard InChI is InChI=1S/C20H35NO.C6H8N2/c1-2-3-4-5-6-7-8-9-10-11-12-16-19-22-21-20-17-14-13-15-18-20;7-5-3-1-2-4-6(5)8/h13-15,17-18,21H,2-12,16,19H2,1H3;1-4H,7-8H2. The molecule has 4 heteroatoms. The topological polar surface area (TPSA) is 73.3 Å². The summed E-state index contributed by atoms with van der Waals surface area (Å²) in [7, 11) is 0. The van der Waals surface area contributed by atoms with Gasteiger partial charge in [0.15, 0.2) is 0 Å². The van der Waals surface area contributed by atoms with Gasteiger partial charge < -0.3 is 11.5 Å². The van der Waals surface area contributed by atoms with E-state index in [4.69, 9.17) is 16.3 Å². The van der Waals surface area contributed by atoms with E-state index in [1.807, 2.05) is 42.5 Å². The van der Waals surface area contributed by atoms with Crippen molar-refractivity contribution in [2.24, 2.45) is 0 Å². The number of para-hydroxylation sites is 3. The summed E-state index contributed by atoms with van der Waals surface area (Å²) >= 11 is 0. The lowest BCUT2D eigenvalue weighted by atomic mass is 10.1. The number of benzene rings is 2. The van der Waals surface area contributed by atoms with Crippen molar-refractivity contribution in [2.75, 3.05) is 23.6 Å². The Labute approximate surface area is 184 Å². The van der Waals surface area contributed by atoms with Crippen molar-refractivity contribution >= 4 is 17.1 Å². The van der Waals surface area contributed by atoms with Gasteiger partial charge in [-0.1, -0.05) is 108 Å². The molecule has 2 aromatic carbocycles. The van der Waals surface area contributed by atoms with Crippen LogP contribution in [0.15, 0.2) is 54.6 Å². The van der Waals surface area contributed by atoms with E-state index in [9.17, 15) is 0 Å². The van der Waals surface area contributed by atoms with Crippen LogP contribution < -0.4 is 16.9 Å². The van der Waals surface area contributed by atoms with Crippen LogP contribution in [0.4, 0.5) is 17.1 Å². The number of nitrogens with one attached hydrogen (secondary N) is 1. The van der Waals surface area contributed by atoms with Crippen molar-refractivity contribution in [3.05, 3.63) is 54.6 Å². The molecule has 0 saturated heterocycles. The maximum Gasteiger partial charge on any atom is 0.0746 e. The fourth-order valence-corrected chi connectivity index (χ4v) is 3.17. The highest BCUT2D eigenvalue weighted by atomic mass is 16.6. The molecule has 0 spiro atoms. The number of rotatable bonds is 15. The predicted molar refractivity (Wildman–Crippen MR) is 132 cm³/mol. The molecule has 0 aliphatic carbocycles. The molecule has 2 rings (SSSR count). The Morgan fingerprint density at radius 3 is 1.50 bits per heavy atom. The molecular formula is C26H43N3O. The molecule has 0 aromatic heterocycles. The fraction of sp³-hybridized carbons (Fsp3) is 0.538. The number of nitrogens with two attached hydrogens (primary N) is 2. The third kappa shape index (κ3) is 14.7. The van der Waals surface area contributed by atoms with Gasteiger partial charge in [-0.2, -0.15) is 0 Å². The Kier molecular flexibility index (Phi) is 16.2. The average molecular weight is 414 g/mol. The van der Waals surface area contributed by atoms with E-state index in [-0.39, 0.29) is 0 Å². The summed E-state index contributed by atoms with van der Waals surface area (Å²) < 4.78 is 0. The quantitative estimate of drug-likeness (QED) is 0.160. The van der Waals surface area contributed by atoms with Crippen LogP contribution in [0, 0.1) is 0 Å². The molecule has 30 heavy (non-hydrogen) atoms. The van der Waals surface area contributed by atoms with Crippen molar-refractivity contribution in [1.29, 1.82) is 0 Å². The molecule has 0 saturated carbocycles.